The minimum atomic E-state index is -1.58. The Morgan fingerprint density at radius 1 is 1.17 bits per heavy atom. The summed E-state index contributed by atoms with van der Waals surface area (Å²) in [5.74, 6) is -1.71. The molecule has 0 saturated heterocycles. The second-order valence-electron chi connectivity index (χ2n) is 6.00. The van der Waals surface area contributed by atoms with Crippen molar-refractivity contribution in [2.75, 3.05) is 18.6 Å². The Balaban J connectivity index is 2.34. The van der Waals surface area contributed by atoms with E-state index in [1.165, 1.54) is 13.1 Å². The van der Waals surface area contributed by atoms with E-state index in [1.54, 1.807) is 43.3 Å². The number of urea groups is 1. The number of ether oxygens (including phenoxy) is 1. The van der Waals surface area contributed by atoms with Crippen LogP contribution in [0.4, 0.5) is 10.5 Å². The van der Waals surface area contributed by atoms with Gasteiger partial charge in [-0.15, -0.1) is 0 Å². The van der Waals surface area contributed by atoms with Gasteiger partial charge in [0.2, 0.25) is 6.04 Å². The van der Waals surface area contributed by atoms with E-state index in [-0.39, 0.29) is 18.0 Å². The molecule has 3 rings (SSSR count). The molecule has 7 nitrogen and oxygen atoms in total. The van der Waals surface area contributed by atoms with Gasteiger partial charge in [0.25, 0.3) is 5.91 Å². The molecule has 1 N–H and O–H groups in total. The molecule has 3 amide bonds. The number of hydrogen-bond donors (Lipinski definition) is 1. The summed E-state index contributed by atoms with van der Waals surface area (Å²) in [5.41, 5.74) is 1.35. The Kier molecular flexibility index (Phi) is 6.20. The van der Waals surface area contributed by atoms with E-state index < -0.39 is 23.9 Å². The molecule has 1 heterocycles. The summed E-state index contributed by atoms with van der Waals surface area (Å²) >= 11 is 12.5. The summed E-state index contributed by atoms with van der Waals surface area (Å²) in [7, 11) is 1.38. The number of esters is 1. The minimum absolute atomic E-state index is 0.0539. The van der Waals surface area contributed by atoms with Gasteiger partial charge in [-0.2, -0.15) is 0 Å². The van der Waals surface area contributed by atoms with Crippen molar-refractivity contribution in [3.63, 3.8) is 0 Å². The van der Waals surface area contributed by atoms with Gasteiger partial charge in [-0.1, -0.05) is 41.4 Å². The van der Waals surface area contributed by atoms with Crippen molar-refractivity contribution in [2.24, 2.45) is 4.99 Å². The number of fused-ring (bicyclic) bond motifs is 1. The lowest BCUT2D eigenvalue weighted by molar-refractivity contribution is -0.147. The number of rotatable bonds is 3. The van der Waals surface area contributed by atoms with Gasteiger partial charge in [0.05, 0.1) is 18.0 Å². The number of hydrogen-bond acceptors (Lipinski definition) is 5. The molecule has 2 aromatic rings. The van der Waals surface area contributed by atoms with E-state index in [0.29, 0.717) is 21.2 Å². The number of halogens is 2. The van der Waals surface area contributed by atoms with Crippen LogP contribution in [0, 0.1) is 0 Å². The third-order valence-corrected chi connectivity index (χ3v) is 4.79. The van der Waals surface area contributed by atoms with E-state index in [2.05, 4.69) is 10.3 Å². The third kappa shape index (κ3) is 3.97. The molecule has 0 aliphatic carbocycles. The molecule has 1 aliphatic rings. The zero-order chi connectivity index (χ0) is 21.1. The largest absolute Gasteiger partial charge is 0.464 e. The average molecular weight is 434 g/mol. The molecule has 0 bridgehead atoms. The monoisotopic (exact) mass is 433 g/mol. The fourth-order valence-electron chi connectivity index (χ4n) is 2.95. The highest BCUT2D eigenvalue weighted by atomic mass is 35.5. The van der Waals surface area contributed by atoms with Crippen LogP contribution < -0.4 is 10.2 Å². The Hall–Kier alpha value is -2.90. The van der Waals surface area contributed by atoms with Gasteiger partial charge in [-0.3, -0.25) is 9.79 Å². The summed E-state index contributed by atoms with van der Waals surface area (Å²) in [6.45, 7) is 1.67. The molecule has 150 valence electrons. The van der Waals surface area contributed by atoms with Gasteiger partial charge in [0.1, 0.15) is 0 Å². The molecule has 0 saturated carbocycles. The predicted octanol–water partition coefficient (Wildman–Crippen LogP) is 3.45. The SMILES string of the molecule is CCOC(=O)C1N=C(c2ccccc2Cl)c2cc(Cl)ccc2N(C(=O)NC)C1=O. The standard InChI is InChI=1S/C20H17Cl2N3O4/c1-3-29-19(27)17-18(26)25(20(28)23-2)15-9-8-11(21)10-13(15)16(24-17)12-6-4-5-7-14(12)22/h4-10,17H,3H2,1-2H3,(H,23,28). The first-order valence-corrected chi connectivity index (χ1v) is 9.49. The van der Waals surface area contributed by atoms with Gasteiger partial charge in [-0.05, 0) is 31.2 Å². The molecule has 2 aromatic carbocycles. The van der Waals surface area contributed by atoms with Crippen molar-refractivity contribution >= 4 is 52.5 Å². The Bertz CT molecular complexity index is 1020. The molecule has 0 spiro atoms. The van der Waals surface area contributed by atoms with Crippen LogP contribution >= 0.6 is 23.2 Å². The first-order chi connectivity index (χ1) is 13.9. The number of benzodiazepines with no additional fused rings is 1. The zero-order valence-electron chi connectivity index (χ0n) is 15.6. The molecule has 0 fully saturated rings. The third-order valence-electron chi connectivity index (χ3n) is 4.22. The lowest BCUT2D eigenvalue weighted by Crippen LogP contribution is -2.49. The highest BCUT2D eigenvalue weighted by Gasteiger charge is 2.40. The topological polar surface area (TPSA) is 88.1 Å². The zero-order valence-corrected chi connectivity index (χ0v) is 17.1. The van der Waals surface area contributed by atoms with Crippen LogP contribution in [0.1, 0.15) is 18.1 Å². The highest BCUT2D eigenvalue weighted by Crippen LogP contribution is 2.33. The molecule has 0 aromatic heterocycles. The molecule has 1 atom stereocenters. The number of nitrogens with zero attached hydrogens (tertiary/aromatic N) is 2. The van der Waals surface area contributed by atoms with E-state index in [4.69, 9.17) is 27.9 Å². The molecular formula is C20H17Cl2N3O4. The number of nitrogens with one attached hydrogen (secondary N) is 1. The molecular weight excluding hydrogens is 417 g/mol. The Morgan fingerprint density at radius 3 is 2.55 bits per heavy atom. The number of anilines is 1. The van der Waals surface area contributed by atoms with Crippen LogP contribution in [0.3, 0.4) is 0 Å². The van der Waals surface area contributed by atoms with Gasteiger partial charge in [-0.25, -0.2) is 14.5 Å². The van der Waals surface area contributed by atoms with Crippen LogP contribution in [-0.4, -0.2) is 43.3 Å². The molecule has 29 heavy (non-hydrogen) atoms. The number of aliphatic imine (C=N–C) groups is 1. The number of benzene rings is 2. The summed E-state index contributed by atoms with van der Waals surface area (Å²) in [6.07, 6.45) is 0. The fraction of sp³-hybridized carbons (Fsp3) is 0.200. The summed E-state index contributed by atoms with van der Waals surface area (Å²) in [5, 5.41) is 3.13. The maximum absolute atomic E-state index is 13.2. The van der Waals surface area contributed by atoms with E-state index in [0.717, 1.165) is 4.90 Å². The van der Waals surface area contributed by atoms with Crippen LogP contribution in [0.15, 0.2) is 47.5 Å². The minimum Gasteiger partial charge on any atom is -0.464 e. The first kappa shape index (κ1) is 20.8. The maximum Gasteiger partial charge on any atom is 0.340 e. The first-order valence-electron chi connectivity index (χ1n) is 8.74. The second-order valence-corrected chi connectivity index (χ2v) is 6.85. The van der Waals surface area contributed by atoms with Crippen molar-refractivity contribution in [2.45, 2.75) is 13.0 Å². The van der Waals surface area contributed by atoms with Crippen LogP contribution in [0.5, 0.6) is 0 Å². The van der Waals surface area contributed by atoms with Crippen molar-refractivity contribution in [3.8, 4) is 0 Å². The lowest BCUT2D eigenvalue weighted by atomic mass is 10.00. The Labute approximate surface area is 177 Å². The molecule has 1 unspecified atom stereocenters. The summed E-state index contributed by atoms with van der Waals surface area (Å²) in [6, 6.07) is 9.18. The van der Waals surface area contributed by atoms with Gasteiger partial charge in [0.15, 0.2) is 0 Å². The lowest BCUT2D eigenvalue weighted by Gasteiger charge is -2.22. The van der Waals surface area contributed by atoms with Crippen molar-refractivity contribution in [1.82, 2.24) is 5.32 Å². The van der Waals surface area contributed by atoms with Gasteiger partial charge < -0.3 is 10.1 Å². The van der Waals surface area contributed by atoms with Gasteiger partial charge >= 0.3 is 12.0 Å². The van der Waals surface area contributed by atoms with E-state index in [9.17, 15) is 14.4 Å². The summed E-state index contributed by atoms with van der Waals surface area (Å²) in [4.78, 5) is 43.5. The molecule has 1 aliphatic heterocycles. The van der Waals surface area contributed by atoms with Crippen LogP contribution in [0.25, 0.3) is 0 Å². The number of carbonyl (C=O) groups excluding carboxylic acids is 3. The summed E-state index contributed by atoms with van der Waals surface area (Å²) < 4.78 is 5.02. The van der Waals surface area contributed by atoms with E-state index >= 15 is 0 Å². The van der Waals surface area contributed by atoms with E-state index in [1.807, 2.05) is 0 Å². The molecule has 0 radical (unpaired) electrons. The van der Waals surface area contributed by atoms with Gasteiger partial charge in [0, 0.05) is 28.2 Å². The van der Waals surface area contributed by atoms with Crippen LogP contribution in [-0.2, 0) is 14.3 Å². The van der Waals surface area contributed by atoms with Crippen molar-refractivity contribution in [3.05, 3.63) is 63.6 Å². The fourth-order valence-corrected chi connectivity index (χ4v) is 3.35. The van der Waals surface area contributed by atoms with Crippen LogP contribution in [0.2, 0.25) is 10.0 Å². The predicted molar refractivity (Wildman–Crippen MR) is 111 cm³/mol. The number of imide groups is 1. The quantitative estimate of drug-likeness (QED) is 0.592. The molecule has 9 heteroatoms. The second kappa shape index (κ2) is 8.63. The smallest absolute Gasteiger partial charge is 0.340 e. The number of carbonyl (C=O) groups is 3. The Morgan fingerprint density at radius 2 is 1.90 bits per heavy atom. The normalized spacial score (nSPS) is 15.9. The maximum atomic E-state index is 13.2. The average Bonchev–Trinajstić information content (AvgIpc) is 2.82. The highest BCUT2D eigenvalue weighted by molar-refractivity contribution is 6.38. The van der Waals surface area contributed by atoms with Crippen molar-refractivity contribution < 1.29 is 19.1 Å². The number of amides is 3. The van der Waals surface area contributed by atoms with Crippen molar-refractivity contribution in [1.29, 1.82) is 0 Å².